The van der Waals surface area contributed by atoms with E-state index in [1.54, 1.807) is 0 Å². The number of nitrogens with zero attached hydrogens (tertiary/aromatic N) is 2. The summed E-state index contributed by atoms with van der Waals surface area (Å²) in [6.45, 7) is 4.43. The molecular weight excluding hydrogens is 162 g/mol. The van der Waals surface area contributed by atoms with Gasteiger partial charge in [0.05, 0.1) is 6.04 Å². The van der Waals surface area contributed by atoms with Crippen LogP contribution in [0.1, 0.15) is 38.1 Å². The molecule has 0 spiro atoms. The second-order valence-corrected chi connectivity index (χ2v) is 3.63. The minimum Gasteiger partial charge on any atom is -0.334 e. The van der Waals surface area contributed by atoms with Crippen molar-refractivity contribution < 1.29 is 0 Å². The molecule has 0 aromatic carbocycles. The Morgan fingerprint density at radius 2 is 2.62 bits per heavy atom. The Kier molecular flexibility index (Phi) is 2.64. The Labute approximate surface area is 79.2 Å². The van der Waals surface area contributed by atoms with Gasteiger partial charge in [-0.05, 0) is 25.8 Å². The van der Waals surface area contributed by atoms with Crippen molar-refractivity contribution in [1.82, 2.24) is 14.9 Å². The molecule has 3 heteroatoms. The van der Waals surface area contributed by atoms with Crippen molar-refractivity contribution in [2.24, 2.45) is 0 Å². The smallest absolute Gasteiger partial charge is 0.125 e. The van der Waals surface area contributed by atoms with E-state index in [0.717, 1.165) is 13.1 Å². The fourth-order valence-corrected chi connectivity index (χ4v) is 1.97. The standard InChI is InChI=1S/C10H17N3/c1-2-7-13-8-6-12-10(13)9-4-3-5-11-9/h6,8-9,11H,2-5,7H2,1H3. The molecule has 2 heterocycles. The molecule has 0 saturated carbocycles. The number of imidazole rings is 1. The molecule has 1 saturated heterocycles. The summed E-state index contributed by atoms with van der Waals surface area (Å²) in [5, 5.41) is 3.47. The summed E-state index contributed by atoms with van der Waals surface area (Å²) >= 11 is 0. The van der Waals surface area contributed by atoms with Crippen LogP contribution in [0.2, 0.25) is 0 Å². The van der Waals surface area contributed by atoms with Crippen LogP contribution in [-0.4, -0.2) is 16.1 Å². The second-order valence-electron chi connectivity index (χ2n) is 3.63. The van der Waals surface area contributed by atoms with Crippen LogP contribution in [0.5, 0.6) is 0 Å². The highest BCUT2D eigenvalue weighted by molar-refractivity contribution is 5.01. The van der Waals surface area contributed by atoms with Crippen LogP contribution in [0.15, 0.2) is 12.4 Å². The van der Waals surface area contributed by atoms with Gasteiger partial charge in [0, 0.05) is 18.9 Å². The van der Waals surface area contributed by atoms with Gasteiger partial charge in [-0.3, -0.25) is 0 Å². The highest BCUT2D eigenvalue weighted by Crippen LogP contribution is 2.21. The van der Waals surface area contributed by atoms with Crippen LogP contribution in [0.3, 0.4) is 0 Å². The van der Waals surface area contributed by atoms with Gasteiger partial charge < -0.3 is 9.88 Å². The number of hydrogen-bond acceptors (Lipinski definition) is 2. The maximum atomic E-state index is 4.42. The molecule has 3 nitrogen and oxygen atoms in total. The molecule has 1 aliphatic heterocycles. The molecular formula is C10H17N3. The third-order valence-electron chi connectivity index (χ3n) is 2.58. The minimum atomic E-state index is 0.501. The number of nitrogens with one attached hydrogen (secondary N) is 1. The van der Waals surface area contributed by atoms with Crippen LogP contribution < -0.4 is 5.32 Å². The first kappa shape index (κ1) is 8.75. The van der Waals surface area contributed by atoms with Gasteiger partial charge in [-0.2, -0.15) is 0 Å². The Hall–Kier alpha value is -0.830. The van der Waals surface area contributed by atoms with Crippen molar-refractivity contribution in [2.75, 3.05) is 6.54 Å². The van der Waals surface area contributed by atoms with Crippen LogP contribution in [0, 0.1) is 0 Å². The quantitative estimate of drug-likeness (QED) is 0.765. The van der Waals surface area contributed by atoms with Gasteiger partial charge in [0.1, 0.15) is 5.82 Å². The lowest BCUT2D eigenvalue weighted by molar-refractivity contribution is 0.542. The lowest BCUT2D eigenvalue weighted by atomic mass is 10.2. The largest absolute Gasteiger partial charge is 0.334 e. The van der Waals surface area contributed by atoms with Crippen LogP contribution in [0.25, 0.3) is 0 Å². The molecule has 0 radical (unpaired) electrons. The molecule has 13 heavy (non-hydrogen) atoms. The van der Waals surface area contributed by atoms with Gasteiger partial charge in [0.25, 0.3) is 0 Å². The summed E-state index contributed by atoms with van der Waals surface area (Å²) in [6, 6.07) is 0.501. The summed E-state index contributed by atoms with van der Waals surface area (Å²) in [4.78, 5) is 4.42. The summed E-state index contributed by atoms with van der Waals surface area (Å²) in [5.74, 6) is 1.22. The third-order valence-corrected chi connectivity index (χ3v) is 2.58. The maximum Gasteiger partial charge on any atom is 0.125 e. The van der Waals surface area contributed by atoms with Crippen molar-refractivity contribution >= 4 is 0 Å². The van der Waals surface area contributed by atoms with Gasteiger partial charge in [0.15, 0.2) is 0 Å². The Morgan fingerprint density at radius 3 is 3.31 bits per heavy atom. The minimum absolute atomic E-state index is 0.501. The summed E-state index contributed by atoms with van der Waals surface area (Å²) in [5.41, 5.74) is 0. The highest BCUT2D eigenvalue weighted by atomic mass is 15.1. The van der Waals surface area contributed by atoms with Crippen molar-refractivity contribution in [1.29, 1.82) is 0 Å². The van der Waals surface area contributed by atoms with E-state index >= 15 is 0 Å². The molecule has 1 fully saturated rings. The van der Waals surface area contributed by atoms with Crippen molar-refractivity contribution in [2.45, 2.75) is 38.8 Å². The molecule has 1 aromatic heterocycles. The van der Waals surface area contributed by atoms with Gasteiger partial charge in [-0.25, -0.2) is 4.98 Å². The average Bonchev–Trinajstić information content (AvgIpc) is 2.71. The van der Waals surface area contributed by atoms with E-state index in [1.807, 2.05) is 6.20 Å². The lowest BCUT2D eigenvalue weighted by Crippen LogP contribution is -2.17. The van der Waals surface area contributed by atoms with Gasteiger partial charge in [-0.15, -0.1) is 0 Å². The van der Waals surface area contributed by atoms with Gasteiger partial charge in [-0.1, -0.05) is 6.92 Å². The summed E-state index contributed by atoms with van der Waals surface area (Å²) in [6.07, 6.45) is 7.68. The van der Waals surface area contributed by atoms with Crippen LogP contribution >= 0.6 is 0 Å². The molecule has 0 aliphatic carbocycles. The molecule has 1 aromatic rings. The van der Waals surface area contributed by atoms with E-state index in [0.29, 0.717) is 6.04 Å². The topological polar surface area (TPSA) is 29.9 Å². The zero-order valence-electron chi connectivity index (χ0n) is 8.16. The zero-order chi connectivity index (χ0) is 9.10. The fourth-order valence-electron chi connectivity index (χ4n) is 1.97. The van der Waals surface area contributed by atoms with E-state index in [4.69, 9.17) is 0 Å². The second kappa shape index (κ2) is 3.92. The monoisotopic (exact) mass is 179 g/mol. The van der Waals surface area contributed by atoms with Crippen molar-refractivity contribution in [3.8, 4) is 0 Å². The van der Waals surface area contributed by atoms with E-state index in [-0.39, 0.29) is 0 Å². The van der Waals surface area contributed by atoms with Crippen molar-refractivity contribution in [3.63, 3.8) is 0 Å². The third kappa shape index (κ3) is 1.75. The predicted molar refractivity (Wildman–Crippen MR) is 52.5 cm³/mol. The number of aromatic nitrogens is 2. The molecule has 0 bridgehead atoms. The van der Waals surface area contributed by atoms with E-state index in [9.17, 15) is 0 Å². The summed E-state index contributed by atoms with van der Waals surface area (Å²) in [7, 11) is 0. The van der Waals surface area contributed by atoms with Crippen LogP contribution in [-0.2, 0) is 6.54 Å². The first-order chi connectivity index (χ1) is 6.42. The van der Waals surface area contributed by atoms with E-state index in [1.165, 1.54) is 25.1 Å². The van der Waals surface area contributed by atoms with E-state index < -0.39 is 0 Å². The Balaban J connectivity index is 2.13. The van der Waals surface area contributed by atoms with Gasteiger partial charge >= 0.3 is 0 Å². The summed E-state index contributed by atoms with van der Waals surface area (Å²) < 4.78 is 2.27. The first-order valence-corrected chi connectivity index (χ1v) is 5.16. The molecule has 1 atom stereocenters. The highest BCUT2D eigenvalue weighted by Gasteiger charge is 2.19. The molecule has 72 valence electrons. The van der Waals surface area contributed by atoms with Gasteiger partial charge in [0.2, 0.25) is 0 Å². The molecule has 1 aliphatic rings. The number of hydrogen-bond donors (Lipinski definition) is 1. The first-order valence-electron chi connectivity index (χ1n) is 5.16. The Bertz CT molecular complexity index is 261. The Morgan fingerprint density at radius 1 is 1.69 bits per heavy atom. The van der Waals surface area contributed by atoms with Crippen LogP contribution in [0.4, 0.5) is 0 Å². The molecule has 0 amide bonds. The molecule has 1 N–H and O–H groups in total. The number of rotatable bonds is 3. The molecule has 2 rings (SSSR count). The number of aryl methyl sites for hydroxylation is 1. The lowest BCUT2D eigenvalue weighted by Gasteiger charge is -2.12. The van der Waals surface area contributed by atoms with E-state index in [2.05, 4.69) is 28.0 Å². The predicted octanol–water partition coefficient (Wildman–Crippen LogP) is 1.72. The fraction of sp³-hybridized carbons (Fsp3) is 0.700. The maximum absolute atomic E-state index is 4.42. The average molecular weight is 179 g/mol. The molecule has 1 unspecified atom stereocenters. The normalized spacial score (nSPS) is 22.4. The zero-order valence-corrected chi connectivity index (χ0v) is 8.16. The SMILES string of the molecule is CCCn1ccnc1C1CCCN1. The van der Waals surface area contributed by atoms with Crippen molar-refractivity contribution in [3.05, 3.63) is 18.2 Å².